The average Bonchev–Trinajstić information content (AvgIpc) is 3.03. The van der Waals surface area contributed by atoms with Crippen molar-refractivity contribution in [1.82, 2.24) is 9.55 Å². The Bertz CT molecular complexity index is 952. The van der Waals surface area contributed by atoms with E-state index >= 15 is 4.39 Å². The van der Waals surface area contributed by atoms with Crippen LogP contribution < -0.4 is 11.2 Å². The summed E-state index contributed by atoms with van der Waals surface area (Å²) in [5.74, 6) is -3.66. The third-order valence-electron chi connectivity index (χ3n) is 6.88. The second-order valence-corrected chi connectivity index (χ2v) is 9.26. The monoisotopic (exact) mass is 470 g/mol. The van der Waals surface area contributed by atoms with Gasteiger partial charge < -0.3 is 24.4 Å². The van der Waals surface area contributed by atoms with Crippen molar-refractivity contribution in [2.45, 2.75) is 100 Å². The third-order valence-corrected chi connectivity index (χ3v) is 6.88. The maximum atomic E-state index is 15.5. The van der Waals surface area contributed by atoms with Crippen LogP contribution in [0.3, 0.4) is 0 Å². The molecule has 1 saturated heterocycles. The Kier molecular flexibility index (Phi) is 7.04. The van der Waals surface area contributed by atoms with Crippen molar-refractivity contribution in [1.29, 1.82) is 0 Å². The van der Waals surface area contributed by atoms with Gasteiger partial charge in [0, 0.05) is 12.3 Å². The van der Waals surface area contributed by atoms with Gasteiger partial charge in [-0.2, -0.15) is 0 Å². The van der Waals surface area contributed by atoms with Gasteiger partial charge in [0.2, 0.25) is 0 Å². The molecule has 0 amide bonds. The SMILES string of the molecule is O=C(OC[C@@]1(F)O[C@@H](n2ccc(=O)[nH]c2=O)[C@H](O)[C@@H]1O)C1(OC2CCCCC2)CCCCC1. The Morgan fingerprint density at radius 1 is 1.15 bits per heavy atom. The molecule has 0 unspecified atom stereocenters. The van der Waals surface area contributed by atoms with Crippen LogP contribution in [0.15, 0.2) is 21.9 Å². The lowest BCUT2D eigenvalue weighted by Gasteiger charge is -2.39. The van der Waals surface area contributed by atoms with Gasteiger partial charge in [-0.25, -0.2) is 14.0 Å². The summed E-state index contributed by atoms with van der Waals surface area (Å²) in [5.41, 5.74) is -2.78. The largest absolute Gasteiger partial charge is 0.457 e. The lowest BCUT2D eigenvalue weighted by molar-refractivity contribution is -0.229. The molecule has 0 aromatic carbocycles. The van der Waals surface area contributed by atoms with Gasteiger partial charge in [-0.1, -0.05) is 25.7 Å². The summed E-state index contributed by atoms with van der Waals surface area (Å²) in [4.78, 5) is 38.4. The first kappa shape index (κ1) is 24.1. The van der Waals surface area contributed by atoms with Crippen LogP contribution in [0.1, 0.15) is 70.4 Å². The highest BCUT2D eigenvalue weighted by Gasteiger charge is 2.58. The predicted molar refractivity (Wildman–Crippen MR) is 112 cm³/mol. The molecule has 10 nitrogen and oxygen atoms in total. The van der Waals surface area contributed by atoms with E-state index < -0.39 is 53.7 Å². The average molecular weight is 470 g/mol. The minimum atomic E-state index is -2.95. The van der Waals surface area contributed by atoms with Crippen molar-refractivity contribution in [3.05, 3.63) is 33.1 Å². The van der Waals surface area contributed by atoms with Crippen LogP contribution in [0.2, 0.25) is 0 Å². The number of nitrogens with one attached hydrogen (secondary N) is 1. The van der Waals surface area contributed by atoms with E-state index in [-0.39, 0.29) is 6.10 Å². The number of H-pyrrole nitrogens is 1. The number of aliphatic hydroxyl groups excluding tert-OH is 2. The number of aromatic nitrogens is 2. The minimum Gasteiger partial charge on any atom is -0.457 e. The Balaban J connectivity index is 1.46. The van der Waals surface area contributed by atoms with Crippen molar-refractivity contribution in [3.8, 4) is 0 Å². The number of esters is 1. The van der Waals surface area contributed by atoms with Gasteiger partial charge in [0.15, 0.2) is 18.4 Å². The molecule has 2 aliphatic carbocycles. The molecule has 184 valence electrons. The Labute approximate surface area is 189 Å². The number of ether oxygens (including phenoxy) is 3. The van der Waals surface area contributed by atoms with Crippen LogP contribution in [0.25, 0.3) is 0 Å². The smallest absolute Gasteiger partial charge is 0.338 e. The van der Waals surface area contributed by atoms with Crippen LogP contribution in [0, 0.1) is 0 Å². The number of hydrogen-bond donors (Lipinski definition) is 3. The molecule has 3 fully saturated rings. The van der Waals surface area contributed by atoms with Gasteiger partial charge in [-0.15, -0.1) is 0 Å². The van der Waals surface area contributed by atoms with Crippen LogP contribution in [-0.2, 0) is 19.0 Å². The van der Waals surface area contributed by atoms with E-state index in [0.29, 0.717) is 12.8 Å². The minimum absolute atomic E-state index is 0.0460. The molecule has 3 N–H and O–H groups in total. The van der Waals surface area contributed by atoms with Crippen molar-refractivity contribution in [2.75, 3.05) is 6.61 Å². The Hall–Kier alpha value is -2.08. The normalized spacial score (nSPS) is 32.5. The molecule has 3 aliphatic rings. The fraction of sp³-hybridized carbons (Fsp3) is 0.773. The van der Waals surface area contributed by atoms with Gasteiger partial charge in [0.25, 0.3) is 11.4 Å². The zero-order valence-electron chi connectivity index (χ0n) is 18.4. The summed E-state index contributed by atoms with van der Waals surface area (Å²) in [5, 5.41) is 20.6. The molecular weight excluding hydrogens is 439 g/mol. The maximum absolute atomic E-state index is 15.5. The fourth-order valence-corrected chi connectivity index (χ4v) is 5.01. The summed E-state index contributed by atoms with van der Waals surface area (Å²) >= 11 is 0. The van der Waals surface area contributed by atoms with Crippen molar-refractivity contribution in [2.24, 2.45) is 0 Å². The van der Waals surface area contributed by atoms with Gasteiger partial charge in [0.1, 0.15) is 12.2 Å². The number of rotatable bonds is 6. The number of alkyl halides is 1. The standard InChI is InChI=1S/C22H31FN2O8/c23-22(17(28)16(27)18(33-22)25-12-9-15(26)24-20(25)30)13-31-19(29)21(10-5-2-6-11-21)32-14-7-3-1-4-8-14/h9,12,14,16-18,27-28H,1-8,10-11,13H2,(H,24,26,30)/t16-,17+,18-,22-/m1/s1. The summed E-state index contributed by atoms with van der Waals surface area (Å²) in [6, 6.07) is 0.998. The molecule has 11 heteroatoms. The van der Waals surface area contributed by atoms with Crippen molar-refractivity contribution < 1.29 is 33.6 Å². The molecular formula is C22H31FN2O8. The van der Waals surface area contributed by atoms with Crippen LogP contribution >= 0.6 is 0 Å². The summed E-state index contributed by atoms with van der Waals surface area (Å²) in [7, 11) is 0. The van der Waals surface area contributed by atoms with Crippen LogP contribution in [0.4, 0.5) is 4.39 Å². The van der Waals surface area contributed by atoms with Crippen LogP contribution in [0.5, 0.6) is 0 Å². The molecule has 2 saturated carbocycles. The van der Waals surface area contributed by atoms with E-state index in [1.807, 2.05) is 4.98 Å². The zero-order valence-corrected chi connectivity index (χ0v) is 18.4. The highest BCUT2D eigenvalue weighted by Crippen LogP contribution is 2.40. The summed E-state index contributed by atoms with van der Waals surface area (Å²) in [6.45, 7) is -0.978. The van der Waals surface area contributed by atoms with E-state index in [1.165, 1.54) is 0 Å². The van der Waals surface area contributed by atoms with Gasteiger partial charge >= 0.3 is 11.7 Å². The lowest BCUT2D eigenvalue weighted by atomic mass is 9.83. The van der Waals surface area contributed by atoms with Gasteiger partial charge in [0.05, 0.1) is 6.10 Å². The molecule has 4 rings (SSSR count). The predicted octanol–water partition coefficient (Wildman–Crippen LogP) is 1.05. The molecule has 0 bridgehead atoms. The number of halogens is 1. The molecule has 0 spiro atoms. The first-order chi connectivity index (χ1) is 15.7. The molecule has 1 aromatic rings. The second kappa shape index (κ2) is 9.65. The van der Waals surface area contributed by atoms with E-state index in [4.69, 9.17) is 14.2 Å². The number of aliphatic hydroxyl groups is 2. The molecule has 2 heterocycles. The number of hydrogen-bond acceptors (Lipinski definition) is 8. The molecule has 1 aromatic heterocycles. The number of carbonyl (C=O) groups excluding carboxylic acids is 1. The number of nitrogens with zero attached hydrogens (tertiary/aromatic N) is 1. The second-order valence-electron chi connectivity index (χ2n) is 9.26. The third kappa shape index (κ3) is 4.91. The summed E-state index contributed by atoms with van der Waals surface area (Å²) < 4.78 is 32.9. The Morgan fingerprint density at radius 3 is 2.48 bits per heavy atom. The lowest BCUT2D eigenvalue weighted by Crippen LogP contribution is -2.50. The van der Waals surface area contributed by atoms with Crippen LogP contribution in [-0.4, -0.2) is 62.1 Å². The van der Waals surface area contributed by atoms with Crippen molar-refractivity contribution in [3.63, 3.8) is 0 Å². The first-order valence-electron chi connectivity index (χ1n) is 11.6. The van der Waals surface area contributed by atoms with E-state index in [9.17, 15) is 24.6 Å². The highest BCUT2D eigenvalue weighted by atomic mass is 19.2. The van der Waals surface area contributed by atoms with Gasteiger partial charge in [-0.3, -0.25) is 14.3 Å². The van der Waals surface area contributed by atoms with Gasteiger partial charge in [-0.05, 0) is 38.5 Å². The van der Waals surface area contributed by atoms with Crippen molar-refractivity contribution >= 4 is 5.97 Å². The summed E-state index contributed by atoms with van der Waals surface area (Å²) in [6.07, 6.45) is 3.88. The molecule has 33 heavy (non-hydrogen) atoms. The van der Waals surface area contributed by atoms with E-state index in [1.54, 1.807) is 0 Å². The first-order valence-corrected chi connectivity index (χ1v) is 11.6. The van der Waals surface area contributed by atoms with E-state index in [2.05, 4.69) is 0 Å². The van der Waals surface area contributed by atoms with E-state index in [0.717, 1.165) is 68.2 Å². The Morgan fingerprint density at radius 2 is 1.82 bits per heavy atom. The fourth-order valence-electron chi connectivity index (χ4n) is 5.01. The number of carbonyl (C=O) groups is 1. The molecule has 4 atom stereocenters. The maximum Gasteiger partial charge on any atom is 0.338 e. The molecule has 0 radical (unpaired) electrons. The highest BCUT2D eigenvalue weighted by molar-refractivity contribution is 5.79. The zero-order chi connectivity index (χ0) is 23.6. The molecule has 1 aliphatic heterocycles. The number of aromatic amines is 1. The topological polar surface area (TPSA) is 140 Å². The quantitative estimate of drug-likeness (QED) is 0.524.